The first-order valence-corrected chi connectivity index (χ1v) is 6.15. The molecule has 0 aliphatic rings. The molecule has 0 aliphatic carbocycles. The lowest BCUT2D eigenvalue weighted by atomic mass is 10.5. The van der Waals surface area contributed by atoms with Crippen LogP contribution in [0.5, 0.6) is 0 Å². The van der Waals surface area contributed by atoms with E-state index in [0.29, 0.717) is 5.88 Å². The second-order valence-corrected chi connectivity index (χ2v) is 4.29. The van der Waals surface area contributed by atoms with E-state index in [2.05, 4.69) is 10.2 Å². The number of halogens is 1. The van der Waals surface area contributed by atoms with Gasteiger partial charge in [-0.05, 0) is 12.8 Å². The van der Waals surface area contributed by atoms with E-state index in [0.717, 1.165) is 30.3 Å². The summed E-state index contributed by atoms with van der Waals surface area (Å²) >= 11 is 7.13. The summed E-state index contributed by atoms with van der Waals surface area (Å²) in [5, 5.41) is 7.17. The van der Waals surface area contributed by atoms with Gasteiger partial charge < -0.3 is 0 Å². The number of hydrogen-bond donors (Lipinski definition) is 1. The summed E-state index contributed by atoms with van der Waals surface area (Å²) in [6.07, 6.45) is 1.86. The number of alkyl halides is 1. The maximum Gasteiger partial charge on any atom is 0.343 e. The van der Waals surface area contributed by atoms with Gasteiger partial charge in [-0.25, -0.2) is 9.89 Å². The Labute approximate surface area is 92.0 Å². The molecule has 0 unspecified atom stereocenters. The molecule has 0 atom stereocenters. The summed E-state index contributed by atoms with van der Waals surface area (Å²) < 4.78 is 1.67. The molecule has 80 valence electrons. The minimum atomic E-state index is -0.125. The first-order valence-electron chi connectivity index (χ1n) is 4.63. The van der Waals surface area contributed by atoms with Gasteiger partial charge >= 0.3 is 5.69 Å². The molecule has 1 aromatic heterocycles. The maximum atomic E-state index is 11.3. The second kappa shape index (κ2) is 6.14. The average molecular weight is 236 g/mol. The van der Waals surface area contributed by atoms with Gasteiger partial charge in [-0.1, -0.05) is 18.7 Å². The third kappa shape index (κ3) is 3.06. The highest BCUT2D eigenvalue weighted by Gasteiger charge is 2.06. The van der Waals surface area contributed by atoms with Crippen molar-refractivity contribution in [2.45, 2.75) is 31.5 Å². The molecule has 0 saturated carbocycles. The standard InChI is InChI=1S/C8H14ClN3OS/c1-2-5-12-7(13)10-11-8(12)14-6-3-4-9/h2-6H2,1H3,(H,10,13). The van der Waals surface area contributed by atoms with E-state index in [1.165, 1.54) is 0 Å². The van der Waals surface area contributed by atoms with Gasteiger partial charge in [0.15, 0.2) is 5.16 Å². The van der Waals surface area contributed by atoms with E-state index in [1.807, 2.05) is 6.92 Å². The molecule has 4 nitrogen and oxygen atoms in total. The van der Waals surface area contributed by atoms with Crippen molar-refractivity contribution in [3.63, 3.8) is 0 Å². The molecule has 1 heterocycles. The van der Waals surface area contributed by atoms with Crippen LogP contribution in [0, 0.1) is 0 Å². The van der Waals surface area contributed by atoms with Crippen LogP contribution in [0.2, 0.25) is 0 Å². The van der Waals surface area contributed by atoms with Crippen LogP contribution >= 0.6 is 23.4 Å². The molecule has 14 heavy (non-hydrogen) atoms. The van der Waals surface area contributed by atoms with Crippen LogP contribution in [-0.2, 0) is 6.54 Å². The summed E-state index contributed by atoms with van der Waals surface area (Å²) in [4.78, 5) is 11.3. The Kier molecular flexibility index (Phi) is 5.11. The zero-order valence-electron chi connectivity index (χ0n) is 8.12. The molecular formula is C8H14ClN3OS. The third-order valence-electron chi connectivity index (χ3n) is 1.68. The monoisotopic (exact) mass is 235 g/mol. The molecule has 0 spiro atoms. The van der Waals surface area contributed by atoms with Crippen LogP contribution in [0.3, 0.4) is 0 Å². The fraction of sp³-hybridized carbons (Fsp3) is 0.750. The van der Waals surface area contributed by atoms with E-state index in [-0.39, 0.29) is 5.69 Å². The highest BCUT2D eigenvalue weighted by atomic mass is 35.5. The number of aromatic amines is 1. The molecule has 1 N–H and O–H groups in total. The summed E-state index contributed by atoms with van der Waals surface area (Å²) in [7, 11) is 0. The molecule has 1 rings (SSSR count). The Morgan fingerprint density at radius 3 is 3.07 bits per heavy atom. The lowest BCUT2D eigenvalue weighted by molar-refractivity contribution is 0.604. The smallest absolute Gasteiger partial charge is 0.270 e. The number of H-pyrrole nitrogens is 1. The molecule has 0 bridgehead atoms. The SMILES string of the molecule is CCCn1c(SCCCCl)n[nH]c1=O. The van der Waals surface area contributed by atoms with Gasteiger partial charge in [-0.15, -0.1) is 16.7 Å². The molecular weight excluding hydrogens is 222 g/mol. The van der Waals surface area contributed by atoms with E-state index in [9.17, 15) is 4.79 Å². The summed E-state index contributed by atoms with van der Waals surface area (Å²) in [5.74, 6) is 1.55. The Balaban J connectivity index is 2.61. The molecule has 0 saturated heterocycles. The summed E-state index contributed by atoms with van der Waals surface area (Å²) in [5.41, 5.74) is -0.125. The van der Waals surface area contributed by atoms with Crippen molar-refractivity contribution in [3.8, 4) is 0 Å². The fourth-order valence-corrected chi connectivity index (χ4v) is 2.26. The number of rotatable bonds is 6. The molecule has 0 fully saturated rings. The van der Waals surface area contributed by atoms with E-state index < -0.39 is 0 Å². The fourth-order valence-electron chi connectivity index (χ4n) is 1.05. The minimum absolute atomic E-state index is 0.125. The average Bonchev–Trinajstić information content (AvgIpc) is 2.51. The summed E-state index contributed by atoms with van der Waals surface area (Å²) in [6, 6.07) is 0. The third-order valence-corrected chi connectivity index (χ3v) is 3.01. The molecule has 0 radical (unpaired) electrons. The van der Waals surface area contributed by atoms with E-state index in [1.54, 1.807) is 16.3 Å². The van der Waals surface area contributed by atoms with Crippen LogP contribution in [0.4, 0.5) is 0 Å². The van der Waals surface area contributed by atoms with E-state index in [4.69, 9.17) is 11.6 Å². The first kappa shape index (κ1) is 11.7. The minimum Gasteiger partial charge on any atom is -0.270 e. The number of hydrogen-bond acceptors (Lipinski definition) is 3. The van der Waals surface area contributed by atoms with Crippen molar-refractivity contribution in [2.75, 3.05) is 11.6 Å². The molecule has 0 aromatic carbocycles. The van der Waals surface area contributed by atoms with Gasteiger partial charge in [0.05, 0.1) is 0 Å². The van der Waals surface area contributed by atoms with E-state index >= 15 is 0 Å². The van der Waals surface area contributed by atoms with Crippen molar-refractivity contribution in [1.82, 2.24) is 14.8 Å². The highest BCUT2D eigenvalue weighted by molar-refractivity contribution is 7.99. The quantitative estimate of drug-likeness (QED) is 0.464. The Morgan fingerprint density at radius 1 is 1.64 bits per heavy atom. The van der Waals surface area contributed by atoms with Gasteiger partial charge in [0.2, 0.25) is 0 Å². The van der Waals surface area contributed by atoms with Crippen molar-refractivity contribution in [2.24, 2.45) is 0 Å². The van der Waals surface area contributed by atoms with Gasteiger partial charge in [0.1, 0.15) is 0 Å². The zero-order chi connectivity index (χ0) is 10.4. The zero-order valence-corrected chi connectivity index (χ0v) is 9.70. The van der Waals surface area contributed by atoms with Crippen LogP contribution < -0.4 is 5.69 Å². The number of aromatic nitrogens is 3. The van der Waals surface area contributed by atoms with Gasteiger partial charge in [0, 0.05) is 18.2 Å². The van der Waals surface area contributed by atoms with Crippen molar-refractivity contribution >= 4 is 23.4 Å². The topological polar surface area (TPSA) is 50.7 Å². The molecule has 0 amide bonds. The lowest BCUT2D eigenvalue weighted by Crippen LogP contribution is -2.17. The van der Waals surface area contributed by atoms with Crippen molar-refractivity contribution in [1.29, 1.82) is 0 Å². The van der Waals surface area contributed by atoms with Gasteiger partial charge in [-0.3, -0.25) is 4.57 Å². The largest absolute Gasteiger partial charge is 0.343 e. The Bertz CT molecular complexity index is 323. The molecule has 6 heteroatoms. The normalized spacial score (nSPS) is 10.7. The van der Waals surface area contributed by atoms with Crippen molar-refractivity contribution in [3.05, 3.63) is 10.5 Å². The number of nitrogens with zero attached hydrogens (tertiary/aromatic N) is 2. The Morgan fingerprint density at radius 2 is 2.43 bits per heavy atom. The van der Waals surface area contributed by atoms with Crippen LogP contribution in [0.25, 0.3) is 0 Å². The predicted octanol–water partition coefficient (Wildman–Crippen LogP) is 1.70. The summed E-state index contributed by atoms with van der Waals surface area (Å²) in [6.45, 7) is 2.76. The van der Waals surface area contributed by atoms with Crippen molar-refractivity contribution < 1.29 is 0 Å². The Hall–Kier alpha value is -0.420. The first-order chi connectivity index (χ1) is 6.79. The highest BCUT2D eigenvalue weighted by Crippen LogP contribution is 2.14. The number of nitrogens with one attached hydrogen (secondary N) is 1. The van der Waals surface area contributed by atoms with Gasteiger partial charge in [0.25, 0.3) is 0 Å². The molecule has 0 aliphatic heterocycles. The number of thioether (sulfide) groups is 1. The molecule has 1 aromatic rings. The lowest BCUT2D eigenvalue weighted by Gasteiger charge is -2.01. The van der Waals surface area contributed by atoms with Crippen LogP contribution in [0.1, 0.15) is 19.8 Å². The maximum absolute atomic E-state index is 11.3. The second-order valence-electron chi connectivity index (χ2n) is 2.85. The van der Waals surface area contributed by atoms with Crippen LogP contribution in [-0.4, -0.2) is 26.4 Å². The van der Waals surface area contributed by atoms with Crippen LogP contribution in [0.15, 0.2) is 9.95 Å². The van der Waals surface area contributed by atoms with Gasteiger partial charge in [-0.2, -0.15) is 0 Å². The predicted molar refractivity (Wildman–Crippen MR) is 59.2 cm³/mol.